The average molecular weight is 282 g/mol. The Balaban J connectivity index is 2.29. The molecule has 0 spiro atoms. The number of aliphatic hydroxyl groups excluding tert-OH is 1. The summed E-state index contributed by atoms with van der Waals surface area (Å²) in [5, 5.41) is 11.4. The normalized spacial score (nSPS) is 10.4. The van der Waals surface area contributed by atoms with Crippen LogP contribution in [0.5, 0.6) is 0 Å². The van der Waals surface area contributed by atoms with Gasteiger partial charge in [0.15, 0.2) is 17.5 Å². The van der Waals surface area contributed by atoms with Crippen molar-refractivity contribution in [2.45, 2.75) is 6.61 Å². The average Bonchev–Trinajstić information content (AvgIpc) is 2.44. The maximum atomic E-state index is 13.0. The molecule has 0 bridgehead atoms. The molecular weight excluding hydrogens is 273 g/mol. The van der Waals surface area contributed by atoms with Crippen molar-refractivity contribution in [3.63, 3.8) is 0 Å². The molecule has 0 radical (unpaired) electrons. The van der Waals surface area contributed by atoms with Crippen molar-refractivity contribution in [1.29, 1.82) is 0 Å². The number of pyridine rings is 1. The molecule has 0 aliphatic heterocycles. The summed E-state index contributed by atoms with van der Waals surface area (Å²) in [5.41, 5.74) is 0.204. The maximum absolute atomic E-state index is 13.0. The van der Waals surface area contributed by atoms with Crippen LogP contribution in [0.4, 0.5) is 18.9 Å². The molecule has 1 aromatic carbocycles. The number of nitrogens with one attached hydrogen (secondary N) is 1. The minimum atomic E-state index is -1.64. The molecule has 0 atom stereocenters. The highest BCUT2D eigenvalue weighted by Gasteiger charge is 2.16. The number of hydrogen-bond acceptors (Lipinski definition) is 3. The largest absolute Gasteiger partial charge is 0.392 e. The molecule has 0 aliphatic carbocycles. The smallest absolute Gasteiger partial charge is 0.255 e. The van der Waals surface area contributed by atoms with Crippen LogP contribution in [0.25, 0.3) is 0 Å². The third kappa shape index (κ3) is 2.77. The number of rotatable bonds is 3. The summed E-state index contributed by atoms with van der Waals surface area (Å²) in [7, 11) is 0. The minimum Gasteiger partial charge on any atom is -0.392 e. The van der Waals surface area contributed by atoms with Crippen LogP contribution in [0.15, 0.2) is 30.6 Å². The van der Waals surface area contributed by atoms with Crippen molar-refractivity contribution in [2.75, 3.05) is 5.32 Å². The third-order valence-corrected chi connectivity index (χ3v) is 2.58. The fourth-order valence-corrected chi connectivity index (χ4v) is 1.55. The summed E-state index contributed by atoms with van der Waals surface area (Å²) >= 11 is 0. The first kappa shape index (κ1) is 14.0. The van der Waals surface area contributed by atoms with E-state index in [-0.39, 0.29) is 17.9 Å². The summed E-state index contributed by atoms with van der Waals surface area (Å²) in [6.45, 7) is -0.343. The predicted molar refractivity (Wildman–Crippen MR) is 64.4 cm³/mol. The molecule has 1 heterocycles. The second-order valence-corrected chi connectivity index (χ2v) is 3.90. The van der Waals surface area contributed by atoms with Crippen molar-refractivity contribution >= 4 is 11.6 Å². The van der Waals surface area contributed by atoms with E-state index in [1.165, 1.54) is 18.5 Å². The first-order chi connectivity index (χ1) is 9.52. The van der Waals surface area contributed by atoms with Gasteiger partial charge in [0.2, 0.25) is 0 Å². The zero-order chi connectivity index (χ0) is 14.7. The van der Waals surface area contributed by atoms with Gasteiger partial charge in [-0.3, -0.25) is 9.78 Å². The second kappa shape index (κ2) is 5.70. The first-order valence-corrected chi connectivity index (χ1v) is 5.52. The molecule has 7 heteroatoms. The van der Waals surface area contributed by atoms with Crippen LogP contribution >= 0.6 is 0 Å². The number of carbonyl (C=O) groups is 1. The van der Waals surface area contributed by atoms with Gasteiger partial charge in [-0.1, -0.05) is 0 Å². The standard InChI is InChI=1S/C13H9F3N2O2/c14-9-3-8(4-10(15)12(9)16)13(20)18-11-5-17-2-1-7(11)6-19/h1-5,19H,6H2,(H,18,20). The van der Waals surface area contributed by atoms with Crippen LogP contribution in [-0.4, -0.2) is 16.0 Å². The summed E-state index contributed by atoms with van der Waals surface area (Å²) in [6.07, 6.45) is 2.69. The van der Waals surface area contributed by atoms with E-state index in [0.29, 0.717) is 17.7 Å². The number of hydrogen-bond donors (Lipinski definition) is 2. The van der Waals surface area contributed by atoms with Crippen molar-refractivity contribution in [2.24, 2.45) is 0 Å². The molecule has 0 aliphatic rings. The van der Waals surface area contributed by atoms with Gasteiger partial charge in [0, 0.05) is 17.3 Å². The highest BCUT2D eigenvalue weighted by atomic mass is 19.2. The number of nitrogens with zero attached hydrogens (tertiary/aromatic N) is 1. The Morgan fingerprint density at radius 1 is 1.25 bits per heavy atom. The second-order valence-electron chi connectivity index (χ2n) is 3.90. The Hall–Kier alpha value is -2.41. The van der Waals surface area contributed by atoms with E-state index < -0.39 is 23.4 Å². The first-order valence-electron chi connectivity index (χ1n) is 5.52. The number of benzene rings is 1. The topological polar surface area (TPSA) is 62.2 Å². The van der Waals surface area contributed by atoms with Crippen molar-refractivity contribution < 1.29 is 23.1 Å². The van der Waals surface area contributed by atoms with E-state index in [0.717, 1.165) is 0 Å². The monoisotopic (exact) mass is 282 g/mol. The van der Waals surface area contributed by atoms with Gasteiger partial charge in [0.1, 0.15) is 0 Å². The summed E-state index contributed by atoms with van der Waals surface area (Å²) < 4.78 is 38.9. The molecule has 2 aromatic rings. The lowest BCUT2D eigenvalue weighted by Gasteiger charge is -2.09. The molecule has 2 N–H and O–H groups in total. The van der Waals surface area contributed by atoms with E-state index >= 15 is 0 Å². The number of halogens is 3. The molecule has 1 amide bonds. The van der Waals surface area contributed by atoms with E-state index in [1.807, 2.05) is 0 Å². The highest BCUT2D eigenvalue weighted by molar-refractivity contribution is 6.04. The fourth-order valence-electron chi connectivity index (χ4n) is 1.55. The molecule has 2 rings (SSSR count). The third-order valence-electron chi connectivity index (χ3n) is 2.58. The van der Waals surface area contributed by atoms with Gasteiger partial charge >= 0.3 is 0 Å². The SMILES string of the molecule is O=C(Nc1cnccc1CO)c1cc(F)c(F)c(F)c1. The molecule has 20 heavy (non-hydrogen) atoms. The lowest BCUT2D eigenvalue weighted by Crippen LogP contribution is -2.14. The zero-order valence-corrected chi connectivity index (χ0v) is 10.0. The van der Waals surface area contributed by atoms with Gasteiger partial charge in [-0.05, 0) is 18.2 Å². The Bertz CT molecular complexity index is 639. The Morgan fingerprint density at radius 2 is 1.90 bits per heavy atom. The molecule has 0 saturated carbocycles. The maximum Gasteiger partial charge on any atom is 0.255 e. The molecule has 1 aromatic heterocycles. The van der Waals surface area contributed by atoms with Gasteiger partial charge in [-0.25, -0.2) is 13.2 Å². The lowest BCUT2D eigenvalue weighted by molar-refractivity contribution is 0.102. The van der Waals surface area contributed by atoms with E-state index in [9.17, 15) is 18.0 Å². The van der Waals surface area contributed by atoms with Crippen molar-refractivity contribution in [3.8, 4) is 0 Å². The van der Waals surface area contributed by atoms with Gasteiger partial charge in [0.25, 0.3) is 5.91 Å². The lowest BCUT2D eigenvalue weighted by atomic mass is 10.1. The van der Waals surface area contributed by atoms with E-state index in [4.69, 9.17) is 5.11 Å². The van der Waals surface area contributed by atoms with Gasteiger partial charge in [-0.2, -0.15) is 0 Å². The van der Waals surface area contributed by atoms with Crippen LogP contribution in [-0.2, 0) is 6.61 Å². The Kier molecular flexibility index (Phi) is 3.99. The summed E-state index contributed by atoms with van der Waals surface area (Å²) in [5.74, 6) is -5.39. The molecule has 0 saturated heterocycles. The van der Waals surface area contributed by atoms with Gasteiger partial charge in [0.05, 0.1) is 18.5 Å². The van der Waals surface area contributed by atoms with Gasteiger partial charge in [-0.15, -0.1) is 0 Å². The van der Waals surface area contributed by atoms with Crippen LogP contribution in [0.1, 0.15) is 15.9 Å². The Labute approximate surface area is 111 Å². The molecule has 4 nitrogen and oxygen atoms in total. The number of aliphatic hydroxyl groups is 1. The summed E-state index contributed by atoms with van der Waals surface area (Å²) in [4.78, 5) is 15.6. The Morgan fingerprint density at radius 3 is 2.50 bits per heavy atom. The van der Waals surface area contributed by atoms with Crippen LogP contribution < -0.4 is 5.32 Å². The van der Waals surface area contributed by atoms with E-state index in [1.54, 1.807) is 0 Å². The molecule has 104 valence electrons. The number of carbonyl (C=O) groups excluding carboxylic acids is 1. The van der Waals surface area contributed by atoms with Gasteiger partial charge < -0.3 is 10.4 Å². The highest BCUT2D eigenvalue weighted by Crippen LogP contribution is 2.17. The van der Waals surface area contributed by atoms with Crippen LogP contribution in [0, 0.1) is 17.5 Å². The van der Waals surface area contributed by atoms with Crippen molar-refractivity contribution in [1.82, 2.24) is 4.98 Å². The van der Waals surface area contributed by atoms with Crippen molar-refractivity contribution in [3.05, 3.63) is 59.2 Å². The quantitative estimate of drug-likeness (QED) is 0.849. The number of aromatic nitrogens is 1. The molecular formula is C13H9F3N2O2. The van der Waals surface area contributed by atoms with E-state index in [2.05, 4.69) is 10.3 Å². The van der Waals surface area contributed by atoms with Crippen LogP contribution in [0.2, 0.25) is 0 Å². The zero-order valence-electron chi connectivity index (χ0n) is 10.0. The van der Waals surface area contributed by atoms with Crippen LogP contribution in [0.3, 0.4) is 0 Å². The fraction of sp³-hybridized carbons (Fsp3) is 0.0769. The molecule has 0 unspecified atom stereocenters. The number of amides is 1. The number of anilines is 1. The predicted octanol–water partition coefficient (Wildman–Crippen LogP) is 2.24. The minimum absolute atomic E-state index is 0.199. The molecule has 0 fully saturated rings. The summed E-state index contributed by atoms with van der Waals surface area (Å²) in [6, 6.07) is 2.65.